The van der Waals surface area contributed by atoms with Gasteiger partial charge in [0, 0.05) is 12.2 Å². The van der Waals surface area contributed by atoms with E-state index in [1.807, 2.05) is 31.2 Å². The number of piperidine rings is 1. The number of amides is 2. The molecule has 0 radical (unpaired) electrons. The summed E-state index contributed by atoms with van der Waals surface area (Å²) >= 11 is 0. The number of carbonyl (C=O) groups excluding carboxylic acids is 1. The molecule has 4 nitrogen and oxygen atoms in total. The monoisotopic (exact) mass is 247 g/mol. The Balaban J connectivity index is 1.73. The molecule has 4 heteroatoms. The Morgan fingerprint density at radius 3 is 2.61 bits per heavy atom. The summed E-state index contributed by atoms with van der Waals surface area (Å²) in [6.45, 7) is 4.91. The van der Waals surface area contributed by atoms with Crippen LogP contribution in [0.1, 0.15) is 18.4 Å². The molecule has 1 aromatic carbocycles. The summed E-state index contributed by atoms with van der Waals surface area (Å²) in [6, 6.07) is 7.70. The van der Waals surface area contributed by atoms with Crippen molar-refractivity contribution >= 4 is 11.7 Å². The zero-order chi connectivity index (χ0) is 12.8. The minimum absolute atomic E-state index is 0.114. The van der Waals surface area contributed by atoms with E-state index >= 15 is 0 Å². The van der Waals surface area contributed by atoms with E-state index in [1.165, 1.54) is 5.56 Å². The highest BCUT2D eigenvalue weighted by atomic mass is 16.2. The predicted molar refractivity (Wildman–Crippen MR) is 73.8 cm³/mol. The van der Waals surface area contributed by atoms with Crippen LogP contribution >= 0.6 is 0 Å². The quantitative estimate of drug-likeness (QED) is 0.766. The molecule has 98 valence electrons. The summed E-state index contributed by atoms with van der Waals surface area (Å²) in [6.07, 6.45) is 2.29. The fourth-order valence-electron chi connectivity index (χ4n) is 2.14. The number of aryl methyl sites for hydroxylation is 1. The Hall–Kier alpha value is -1.55. The Morgan fingerprint density at radius 1 is 1.28 bits per heavy atom. The molecule has 1 aliphatic rings. The highest BCUT2D eigenvalue weighted by molar-refractivity contribution is 5.89. The van der Waals surface area contributed by atoms with E-state index in [-0.39, 0.29) is 6.03 Å². The highest BCUT2D eigenvalue weighted by Gasteiger charge is 2.13. The second-order valence-corrected chi connectivity index (χ2v) is 4.89. The Bertz CT molecular complexity index is 383. The zero-order valence-electron chi connectivity index (χ0n) is 10.8. The van der Waals surface area contributed by atoms with Crippen LogP contribution < -0.4 is 16.0 Å². The molecule has 0 aromatic heterocycles. The summed E-state index contributed by atoms with van der Waals surface area (Å²) in [4.78, 5) is 11.7. The van der Waals surface area contributed by atoms with Crippen molar-refractivity contribution in [3.8, 4) is 0 Å². The first kappa shape index (κ1) is 12.9. The minimum Gasteiger partial charge on any atom is -0.338 e. The van der Waals surface area contributed by atoms with Crippen molar-refractivity contribution in [1.29, 1.82) is 0 Å². The maximum atomic E-state index is 11.7. The second-order valence-electron chi connectivity index (χ2n) is 4.89. The van der Waals surface area contributed by atoms with Crippen molar-refractivity contribution in [1.82, 2.24) is 10.6 Å². The van der Waals surface area contributed by atoms with Gasteiger partial charge in [-0.3, -0.25) is 0 Å². The number of hydrogen-bond donors (Lipinski definition) is 3. The SMILES string of the molecule is Cc1ccc(NC(=O)NCC2CCNCC2)cc1. The third-order valence-corrected chi connectivity index (χ3v) is 3.32. The van der Waals surface area contributed by atoms with Gasteiger partial charge < -0.3 is 16.0 Å². The van der Waals surface area contributed by atoms with Crippen molar-refractivity contribution in [2.75, 3.05) is 25.0 Å². The van der Waals surface area contributed by atoms with Gasteiger partial charge in [0.2, 0.25) is 0 Å². The van der Waals surface area contributed by atoms with E-state index in [1.54, 1.807) is 0 Å². The lowest BCUT2D eigenvalue weighted by Gasteiger charge is -2.22. The molecule has 0 saturated carbocycles. The molecule has 1 aromatic rings. The van der Waals surface area contributed by atoms with Crippen molar-refractivity contribution in [2.45, 2.75) is 19.8 Å². The first-order chi connectivity index (χ1) is 8.74. The van der Waals surface area contributed by atoms with Gasteiger partial charge in [-0.05, 0) is 50.9 Å². The van der Waals surface area contributed by atoms with Gasteiger partial charge in [0.25, 0.3) is 0 Å². The molecule has 2 amide bonds. The lowest BCUT2D eigenvalue weighted by atomic mass is 9.98. The van der Waals surface area contributed by atoms with Crippen molar-refractivity contribution in [2.24, 2.45) is 5.92 Å². The van der Waals surface area contributed by atoms with Gasteiger partial charge in [0.05, 0.1) is 0 Å². The van der Waals surface area contributed by atoms with Gasteiger partial charge in [-0.1, -0.05) is 17.7 Å². The molecule has 0 atom stereocenters. The largest absolute Gasteiger partial charge is 0.338 e. The van der Waals surface area contributed by atoms with Crippen LogP contribution in [0.3, 0.4) is 0 Å². The van der Waals surface area contributed by atoms with E-state index in [9.17, 15) is 4.79 Å². The number of carbonyl (C=O) groups is 1. The van der Waals surface area contributed by atoms with Gasteiger partial charge in [-0.2, -0.15) is 0 Å². The number of hydrogen-bond acceptors (Lipinski definition) is 2. The van der Waals surface area contributed by atoms with Gasteiger partial charge in [0.15, 0.2) is 0 Å². The first-order valence-corrected chi connectivity index (χ1v) is 6.56. The zero-order valence-corrected chi connectivity index (χ0v) is 10.8. The molecule has 0 unspecified atom stereocenters. The maximum absolute atomic E-state index is 11.7. The van der Waals surface area contributed by atoms with Crippen LogP contribution in [0, 0.1) is 12.8 Å². The number of benzene rings is 1. The van der Waals surface area contributed by atoms with Gasteiger partial charge >= 0.3 is 6.03 Å². The Kier molecular flexibility index (Phi) is 4.59. The normalized spacial score (nSPS) is 16.3. The number of anilines is 1. The summed E-state index contributed by atoms with van der Waals surface area (Å²) in [5.41, 5.74) is 2.03. The minimum atomic E-state index is -0.114. The molecule has 18 heavy (non-hydrogen) atoms. The summed E-state index contributed by atoms with van der Waals surface area (Å²) in [7, 11) is 0. The molecular formula is C14H21N3O. The number of urea groups is 1. The van der Waals surface area contributed by atoms with Crippen LogP contribution in [0.15, 0.2) is 24.3 Å². The summed E-state index contributed by atoms with van der Waals surface area (Å²) in [5.74, 6) is 0.606. The molecule has 1 aliphatic heterocycles. The summed E-state index contributed by atoms with van der Waals surface area (Å²) in [5, 5.41) is 9.10. The average molecular weight is 247 g/mol. The van der Waals surface area contributed by atoms with Crippen LogP contribution in [-0.4, -0.2) is 25.7 Å². The molecular weight excluding hydrogens is 226 g/mol. The van der Waals surface area contributed by atoms with E-state index in [0.29, 0.717) is 5.92 Å². The Labute approximate surface area is 108 Å². The molecule has 0 bridgehead atoms. The Morgan fingerprint density at radius 2 is 1.94 bits per heavy atom. The third kappa shape index (κ3) is 4.04. The van der Waals surface area contributed by atoms with Crippen molar-refractivity contribution in [3.05, 3.63) is 29.8 Å². The molecule has 2 rings (SSSR count). The third-order valence-electron chi connectivity index (χ3n) is 3.32. The smallest absolute Gasteiger partial charge is 0.319 e. The van der Waals surface area contributed by atoms with E-state index in [4.69, 9.17) is 0 Å². The van der Waals surface area contributed by atoms with Gasteiger partial charge in [-0.15, -0.1) is 0 Å². The van der Waals surface area contributed by atoms with Crippen LogP contribution in [0.4, 0.5) is 10.5 Å². The lowest BCUT2D eigenvalue weighted by molar-refractivity contribution is 0.248. The molecule has 1 heterocycles. The fourth-order valence-corrected chi connectivity index (χ4v) is 2.14. The molecule has 0 aliphatic carbocycles. The average Bonchev–Trinajstić information content (AvgIpc) is 2.40. The number of rotatable bonds is 3. The molecule has 3 N–H and O–H groups in total. The van der Waals surface area contributed by atoms with Crippen LogP contribution in [-0.2, 0) is 0 Å². The fraction of sp³-hybridized carbons (Fsp3) is 0.500. The predicted octanol–water partition coefficient (Wildman–Crippen LogP) is 2.12. The maximum Gasteiger partial charge on any atom is 0.319 e. The van der Waals surface area contributed by atoms with E-state index in [0.717, 1.165) is 38.2 Å². The number of nitrogens with one attached hydrogen (secondary N) is 3. The van der Waals surface area contributed by atoms with Gasteiger partial charge in [-0.25, -0.2) is 4.79 Å². The standard InChI is InChI=1S/C14H21N3O/c1-11-2-4-13(5-3-11)17-14(18)16-10-12-6-8-15-9-7-12/h2-5,12,15H,6-10H2,1H3,(H2,16,17,18). The van der Waals surface area contributed by atoms with Crippen molar-refractivity contribution < 1.29 is 4.79 Å². The molecule has 0 spiro atoms. The van der Waals surface area contributed by atoms with E-state index in [2.05, 4.69) is 16.0 Å². The van der Waals surface area contributed by atoms with Crippen LogP contribution in [0.25, 0.3) is 0 Å². The first-order valence-electron chi connectivity index (χ1n) is 6.56. The molecule has 1 fully saturated rings. The lowest BCUT2D eigenvalue weighted by Crippen LogP contribution is -2.37. The summed E-state index contributed by atoms with van der Waals surface area (Å²) < 4.78 is 0. The molecule has 1 saturated heterocycles. The van der Waals surface area contributed by atoms with E-state index < -0.39 is 0 Å². The highest BCUT2D eigenvalue weighted by Crippen LogP contribution is 2.11. The van der Waals surface area contributed by atoms with Gasteiger partial charge in [0.1, 0.15) is 0 Å². The van der Waals surface area contributed by atoms with Crippen LogP contribution in [0.5, 0.6) is 0 Å². The van der Waals surface area contributed by atoms with Crippen LogP contribution in [0.2, 0.25) is 0 Å². The topological polar surface area (TPSA) is 53.2 Å². The second kappa shape index (κ2) is 6.40. The van der Waals surface area contributed by atoms with Crippen molar-refractivity contribution in [3.63, 3.8) is 0 Å².